The Hall–Kier alpha value is -2.25. The third kappa shape index (κ3) is 4.25. The summed E-state index contributed by atoms with van der Waals surface area (Å²) in [7, 11) is 0. The van der Waals surface area contributed by atoms with Crippen molar-refractivity contribution in [2.24, 2.45) is 5.73 Å². The Balaban J connectivity index is 1.59. The lowest BCUT2D eigenvalue weighted by Gasteiger charge is -2.29. The molecule has 0 saturated carbocycles. The van der Waals surface area contributed by atoms with Crippen LogP contribution in [0.1, 0.15) is 67.4 Å². The highest BCUT2D eigenvalue weighted by molar-refractivity contribution is 6.05. The number of nitrogens with one attached hydrogen (secondary N) is 2. The summed E-state index contributed by atoms with van der Waals surface area (Å²) in [6, 6.07) is 5.25. The number of carbonyl (C=O) groups excluding carboxylic acids is 3. The summed E-state index contributed by atoms with van der Waals surface area (Å²) in [5.41, 5.74) is 8.91. The zero-order chi connectivity index (χ0) is 20.3. The van der Waals surface area contributed by atoms with Crippen LogP contribution in [0.15, 0.2) is 18.2 Å². The molecule has 28 heavy (non-hydrogen) atoms. The van der Waals surface area contributed by atoms with E-state index < -0.39 is 6.04 Å². The number of fused-ring (bicyclic) bond motifs is 1. The van der Waals surface area contributed by atoms with Crippen LogP contribution in [0.3, 0.4) is 0 Å². The van der Waals surface area contributed by atoms with Gasteiger partial charge in [-0.3, -0.25) is 19.7 Å². The van der Waals surface area contributed by atoms with E-state index in [9.17, 15) is 14.4 Å². The van der Waals surface area contributed by atoms with Gasteiger partial charge in [-0.1, -0.05) is 26.0 Å². The number of rotatable bonds is 8. The van der Waals surface area contributed by atoms with E-state index in [0.717, 1.165) is 36.9 Å². The third-order valence-electron chi connectivity index (χ3n) is 6.12. The molecule has 3 amide bonds. The molecule has 1 aromatic rings. The predicted molar refractivity (Wildman–Crippen MR) is 106 cm³/mol. The van der Waals surface area contributed by atoms with Crippen LogP contribution in [-0.4, -0.2) is 40.7 Å². The molecule has 1 unspecified atom stereocenters. The van der Waals surface area contributed by atoms with E-state index in [2.05, 4.69) is 24.5 Å². The fraction of sp³-hybridized carbons (Fsp3) is 0.571. The van der Waals surface area contributed by atoms with Gasteiger partial charge in [0.05, 0.1) is 0 Å². The molecule has 0 spiro atoms. The number of nitrogens with two attached hydrogens (primary N) is 1. The first-order chi connectivity index (χ1) is 13.4. The van der Waals surface area contributed by atoms with Gasteiger partial charge in [-0.25, -0.2) is 0 Å². The predicted octanol–water partition coefficient (Wildman–Crippen LogP) is 1.44. The molecule has 0 bridgehead atoms. The lowest BCUT2D eigenvalue weighted by atomic mass is 9.90. The summed E-state index contributed by atoms with van der Waals surface area (Å²) >= 11 is 0. The van der Waals surface area contributed by atoms with Gasteiger partial charge in [0, 0.05) is 30.6 Å². The first-order valence-electron chi connectivity index (χ1n) is 10.1. The number of hydrogen-bond donors (Lipinski definition) is 3. The Morgan fingerprint density at radius 2 is 2.00 bits per heavy atom. The molecule has 0 aromatic heterocycles. The molecule has 1 aromatic carbocycles. The Kier molecular flexibility index (Phi) is 6.15. The number of hydrogen-bond acceptors (Lipinski definition) is 5. The quantitative estimate of drug-likeness (QED) is 0.463. The molecule has 1 atom stereocenters. The monoisotopic (exact) mass is 386 g/mol. The van der Waals surface area contributed by atoms with E-state index in [1.807, 2.05) is 18.2 Å². The molecule has 152 valence electrons. The Morgan fingerprint density at radius 1 is 1.25 bits per heavy atom. The van der Waals surface area contributed by atoms with Crippen LogP contribution in [0.25, 0.3) is 0 Å². The lowest BCUT2D eigenvalue weighted by molar-refractivity contribution is -0.136. The number of nitrogens with zero attached hydrogens (tertiary/aromatic N) is 1. The summed E-state index contributed by atoms with van der Waals surface area (Å²) in [4.78, 5) is 37.7. The minimum Gasteiger partial charge on any atom is -0.325 e. The highest BCUT2D eigenvalue weighted by Gasteiger charge is 2.39. The highest BCUT2D eigenvalue weighted by Crippen LogP contribution is 2.28. The highest BCUT2D eigenvalue weighted by atomic mass is 16.2. The fourth-order valence-corrected chi connectivity index (χ4v) is 3.91. The van der Waals surface area contributed by atoms with E-state index in [1.54, 1.807) is 4.90 Å². The van der Waals surface area contributed by atoms with E-state index in [4.69, 9.17) is 5.73 Å². The van der Waals surface area contributed by atoms with E-state index in [1.165, 1.54) is 0 Å². The molecule has 7 nitrogen and oxygen atoms in total. The number of benzene rings is 1. The smallest absolute Gasteiger partial charge is 0.255 e. The molecule has 4 N–H and O–H groups in total. The van der Waals surface area contributed by atoms with Crippen LogP contribution in [0, 0.1) is 0 Å². The second-order valence-corrected chi connectivity index (χ2v) is 7.89. The minimum absolute atomic E-state index is 0.111. The first kappa shape index (κ1) is 20.5. The third-order valence-corrected chi connectivity index (χ3v) is 6.12. The van der Waals surface area contributed by atoms with Gasteiger partial charge < -0.3 is 16.0 Å². The Bertz CT molecular complexity index is 773. The molecular weight excluding hydrogens is 356 g/mol. The van der Waals surface area contributed by atoms with Gasteiger partial charge in [0.15, 0.2) is 0 Å². The number of imide groups is 1. The van der Waals surface area contributed by atoms with Crippen LogP contribution in [0.2, 0.25) is 0 Å². The molecule has 0 aliphatic carbocycles. The standard InChI is InChI=1S/C21H30N4O3/c1-3-21(22,4-2)9-10-23-12-14-5-6-16-15(11-14)13-25(20(16)28)17-7-8-18(26)24-19(17)27/h5-6,11,17,23H,3-4,7-10,12-13,22H2,1-2H3,(H,24,26,27). The van der Waals surface area contributed by atoms with Gasteiger partial charge in [0.1, 0.15) is 6.04 Å². The Morgan fingerprint density at radius 3 is 2.68 bits per heavy atom. The zero-order valence-corrected chi connectivity index (χ0v) is 16.7. The van der Waals surface area contributed by atoms with Crippen LogP contribution in [0.5, 0.6) is 0 Å². The van der Waals surface area contributed by atoms with Crippen molar-refractivity contribution >= 4 is 17.7 Å². The summed E-state index contributed by atoms with van der Waals surface area (Å²) in [5.74, 6) is -0.786. The topological polar surface area (TPSA) is 105 Å². The molecule has 1 fully saturated rings. The van der Waals surface area contributed by atoms with Gasteiger partial charge >= 0.3 is 0 Å². The van der Waals surface area contributed by atoms with Gasteiger partial charge in [0.2, 0.25) is 11.8 Å². The van der Waals surface area contributed by atoms with Crippen molar-refractivity contribution in [2.45, 2.75) is 70.6 Å². The molecule has 7 heteroatoms. The van der Waals surface area contributed by atoms with Crippen molar-refractivity contribution in [3.05, 3.63) is 34.9 Å². The van der Waals surface area contributed by atoms with Crippen molar-refractivity contribution in [1.29, 1.82) is 0 Å². The lowest BCUT2D eigenvalue weighted by Crippen LogP contribution is -2.52. The van der Waals surface area contributed by atoms with E-state index >= 15 is 0 Å². The average molecular weight is 386 g/mol. The number of piperidine rings is 1. The molecule has 1 saturated heterocycles. The van der Waals surface area contributed by atoms with Gasteiger partial charge in [-0.2, -0.15) is 0 Å². The van der Waals surface area contributed by atoms with Crippen molar-refractivity contribution < 1.29 is 14.4 Å². The van der Waals surface area contributed by atoms with Crippen molar-refractivity contribution in [2.75, 3.05) is 6.54 Å². The molecule has 3 rings (SSSR count). The number of amides is 3. The molecule has 2 aliphatic heterocycles. The maximum Gasteiger partial charge on any atom is 0.255 e. The SMILES string of the molecule is CCC(N)(CC)CCNCc1ccc2c(c1)CN(C1CCC(=O)NC1=O)C2=O. The summed E-state index contributed by atoms with van der Waals surface area (Å²) < 4.78 is 0. The number of carbonyl (C=O) groups is 3. The van der Waals surface area contributed by atoms with Crippen LogP contribution in [-0.2, 0) is 22.7 Å². The summed E-state index contributed by atoms with van der Waals surface area (Å²) in [6.07, 6.45) is 3.50. The summed E-state index contributed by atoms with van der Waals surface area (Å²) in [6.45, 7) is 6.20. The van der Waals surface area contributed by atoms with Crippen molar-refractivity contribution in [3.63, 3.8) is 0 Å². The molecule has 0 radical (unpaired) electrons. The molecule has 2 aliphatic rings. The maximum absolute atomic E-state index is 12.7. The van der Waals surface area contributed by atoms with E-state index in [0.29, 0.717) is 25.1 Å². The normalized spacial score (nSPS) is 19.8. The van der Waals surface area contributed by atoms with Crippen molar-refractivity contribution in [3.8, 4) is 0 Å². The fourth-order valence-electron chi connectivity index (χ4n) is 3.91. The molecular formula is C21H30N4O3. The van der Waals surface area contributed by atoms with Gasteiger partial charge in [0.25, 0.3) is 5.91 Å². The largest absolute Gasteiger partial charge is 0.325 e. The van der Waals surface area contributed by atoms with E-state index in [-0.39, 0.29) is 29.7 Å². The second kappa shape index (κ2) is 8.41. The molecule has 2 heterocycles. The maximum atomic E-state index is 12.7. The van der Waals surface area contributed by atoms with Crippen LogP contribution in [0.4, 0.5) is 0 Å². The van der Waals surface area contributed by atoms with Crippen molar-refractivity contribution in [1.82, 2.24) is 15.5 Å². The van der Waals surface area contributed by atoms with Gasteiger partial charge in [-0.05, 0) is 49.4 Å². The van der Waals surface area contributed by atoms with Crippen LogP contribution < -0.4 is 16.4 Å². The van der Waals surface area contributed by atoms with Gasteiger partial charge in [-0.15, -0.1) is 0 Å². The zero-order valence-electron chi connectivity index (χ0n) is 16.7. The average Bonchev–Trinajstić information content (AvgIpc) is 3.01. The second-order valence-electron chi connectivity index (χ2n) is 7.89. The first-order valence-corrected chi connectivity index (χ1v) is 10.1. The summed E-state index contributed by atoms with van der Waals surface area (Å²) in [5, 5.41) is 5.76. The van der Waals surface area contributed by atoms with Crippen LogP contribution >= 0.6 is 0 Å². The minimum atomic E-state index is -0.570. The Labute approximate surface area is 166 Å².